The fourth-order valence-electron chi connectivity index (χ4n) is 2.66. The van der Waals surface area contributed by atoms with Crippen LogP contribution in [0.4, 0.5) is 11.5 Å². The van der Waals surface area contributed by atoms with Gasteiger partial charge in [-0.1, -0.05) is 35.9 Å². The van der Waals surface area contributed by atoms with E-state index < -0.39 is 0 Å². The maximum atomic E-state index is 4.49. The summed E-state index contributed by atoms with van der Waals surface area (Å²) < 4.78 is 1.83. The summed E-state index contributed by atoms with van der Waals surface area (Å²) in [6.45, 7) is 4.13. The van der Waals surface area contributed by atoms with Gasteiger partial charge in [0.2, 0.25) is 0 Å². The van der Waals surface area contributed by atoms with E-state index in [2.05, 4.69) is 52.4 Å². The first-order chi connectivity index (χ1) is 11.7. The van der Waals surface area contributed by atoms with E-state index in [-0.39, 0.29) is 0 Å². The number of benzene rings is 2. The van der Waals surface area contributed by atoms with Gasteiger partial charge in [0, 0.05) is 5.69 Å². The molecule has 0 saturated heterocycles. The lowest BCUT2D eigenvalue weighted by atomic mass is 10.2. The predicted octanol–water partition coefficient (Wildman–Crippen LogP) is 4.18. The molecule has 0 spiro atoms. The van der Waals surface area contributed by atoms with Crippen LogP contribution in [0.1, 0.15) is 11.1 Å². The monoisotopic (exact) mass is 315 g/mol. The largest absolute Gasteiger partial charge is 0.339 e. The van der Waals surface area contributed by atoms with Gasteiger partial charge < -0.3 is 5.32 Å². The summed E-state index contributed by atoms with van der Waals surface area (Å²) in [6.07, 6.45) is 3.37. The smallest absolute Gasteiger partial charge is 0.168 e. The van der Waals surface area contributed by atoms with Gasteiger partial charge in [-0.05, 0) is 37.6 Å². The molecule has 1 N–H and O–H groups in total. The average Bonchev–Trinajstić information content (AvgIpc) is 3.03. The van der Waals surface area contributed by atoms with E-state index in [0.29, 0.717) is 0 Å². The Morgan fingerprint density at radius 1 is 0.917 bits per heavy atom. The van der Waals surface area contributed by atoms with Crippen LogP contribution in [0.25, 0.3) is 16.7 Å². The zero-order chi connectivity index (χ0) is 16.5. The van der Waals surface area contributed by atoms with Crippen molar-refractivity contribution in [1.82, 2.24) is 19.7 Å². The summed E-state index contributed by atoms with van der Waals surface area (Å²) in [6, 6.07) is 16.3. The third-order valence-corrected chi connectivity index (χ3v) is 4.04. The standard InChI is InChI=1S/C19H17N5/c1-13-7-9-15(10-8-13)24-19-16(11-22-24)18(20-12-21-19)23-17-6-4-3-5-14(17)2/h3-12H,1-2H3,(H,20,21,23). The van der Waals surface area contributed by atoms with Crippen LogP contribution in [0.15, 0.2) is 61.1 Å². The minimum Gasteiger partial charge on any atom is -0.339 e. The SMILES string of the molecule is Cc1ccc(-n2ncc3c(Nc4ccccc4C)ncnc32)cc1. The number of fused-ring (bicyclic) bond motifs is 1. The van der Waals surface area contributed by atoms with Gasteiger partial charge in [0.05, 0.1) is 17.3 Å². The minimum absolute atomic E-state index is 0.757. The topological polar surface area (TPSA) is 55.6 Å². The molecule has 5 heteroatoms. The van der Waals surface area contributed by atoms with Crippen LogP contribution in [0, 0.1) is 13.8 Å². The van der Waals surface area contributed by atoms with E-state index in [1.54, 1.807) is 12.5 Å². The normalized spacial score (nSPS) is 10.9. The molecule has 0 aliphatic rings. The second-order valence-electron chi connectivity index (χ2n) is 5.79. The number of para-hydroxylation sites is 1. The molecule has 0 amide bonds. The molecular formula is C19H17N5. The van der Waals surface area contributed by atoms with Gasteiger partial charge >= 0.3 is 0 Å². The van der Waals surface area contributed by atoms with Crippen molar-refractivity contribution < 1.29 is 0 Å². The lowest BCUT2D eigenvalue weighted by Crippen LogP contribution is -2.00. The summed E-state index contributed by atoms with van der Waals surface area (Å²) in [7, 11) is 0. The molecule has 2 aromatic carbocycles. The molecule has 118 valence electrons. The van der Waals surface area contributed by atoms with Crippen LogP contribution in [0.5, 0.6) is 0 Å². The molecule has 2 aromatic heterocycles. The lowest BCUT2D eigenvalue weighted by molar-refractivity contribution is 0.894. The quantitative estimate of drug-likeness (QED) is 0.616. The molecule has 0 aliphatic carbocycles. The Labute approximate surface area is 140 Å². The Morgan fingerprint density at radius 2 is 1.71 bits per heavy atom. The molecule has 0 fully saturated rings. The van der Waals surface area contributed by atoms with Crippen LogP contribution in [0.3, 0.4) is 0 Å². The third-order valence-electron chi connectivity index (χ3n) is 4.04. The Hall–Kier alpha value is -3.21. The Kier molecular flexibility index (Phi) is 3.46. The molecule has 5 nitrogen and oxygen atoms in total. The van der Waals surface area contributed by atoms with Crippen LogP contribution < -0.4 is 5.32 Å². The van der Waals surface area contributed by atoms with E-state index >= 15 is 0 Å². The molecule has 24 heavy (non-hydrogen) atoms. The van der Waals surface area contributed by atoms with Gasteiger partial charge in [-0.15, -0.1) is 0 Å². The first-order valence-corrected chi connectivity index (χ1v) is 7.81. The number of nitrogens with one attached hydrogen (secondary N) is 1. The molecule has 0 radical (unpaired) electrons. The number of anilines is 2. The zero-order valence-electron chi connectivity index (χ0n) is 13.6. The second kappa shape index (κ2) is 5.77. The third kappa shape index (κ3) is 2.50. The maximum Gasteiger partial charge on any atom is 0.168 e. The molecule has 0 unspecified atom stereocenters. The average molecular weight is 315 g/mol. The number of hydrogen-bond acceptors (Lipinski definition) is 4. The number of aryl methyl sites for hydroxylation is 2. The van der Waals surface area contributed by atoms with E-state index in [1.165, 1.54) is 5.56 Å². The van der Waals surface area contributed by atoms with E-state index in [9.17, 15) is 0 Å². The fourth-order valence-corrected chi connectivity index (χ4v) is 2.66. The van der Waals surface area contributed by atoms with Crippen LogP contribution in [0.2, 0.25) is 0 Å². The van der Waals surface area contributed by atoms with Crippen molar-refractivity contribution in [2.24, 2.45) is 0 Å². The van der Waals surface area contributed by atoms with Crippen LogP contribution >= 0.6 is 0 Å². The van der Waals surface area contributed by atoms with Gasteiger partial charge in [0.15, 0.2) is 5.65 Å². The number of hydrogen-bond donors (Lipinski definition) is 1. The lowest BCUT2D eigenvalue weighted by Gasteiger charge is -2.09. The molecule has 4 rings (SSSR count). The van der Waals surface area contributed by atoms with Crippen molar-refractivity contribution in [3.8, 4) is 5.69 Å². The zero-order valence-corrected chi connectivity index (χ0v) is 13.6. The molecular weight excluding hydrogens is 298 g/mol. The first-order valence-electron chi connectivity index (χ1n) is 7.81. The first kappa shape index (κ1) is 14.4. The second-order valence-corrected chi connectivity index (χ2v) is 5.79. The van der Waals surface area contributed by atoms with Gasteiger partial charge in [-0.25, -0.2) is 14.6 Å². The Bertz CT molecular complexity index is 1000. The summed E-state index contributed by atoms with van der Waals surface area (Å²) in [4.78, 5) is 8.80. The molecule has 4 aromatic rings. The minimum atomic E-state index is 0.757. The highest BCUT2D eigenvalue weighted by molar-refractivity contribution is 5.89. The number of nitrogens with zero attached hydrogens (tertiary/aromatic N) is 4. The molecule has 0 bridgehead atoms. The molecule has 0 aliphatic heterocycles. The van der Waals surface area contributed by atoms with Crippen molar-refractivity contribution >= 4 is 22.5 Å². The van der Waals surface area contributed by atoms with Crippen molar-refractivity contribution in [3.63, 3.8) is 0 Å². The van der Waals surface area contributed by atoms with Gasteiger partial charge in [0.25, 0.3) is 0 Å². The van der Waals surface area contributed by atoms with Crippen molar-refractivity contribution in [3.05, 3.63) is 72.2 Å². The van der Waals surface area contributed by atoms with Gasteiger partial charge in [0.1, 0.15) is 12.1 Å². The highest BCUT2D eigenvalue weighted by Gasteiger charge is 2.11. The Morgan fingerprint density at radius 3 is 2.50 bits per heavy atom. The number of rotatable bonds is 3. The van der Waals surface area contributed by atoms with Crippen molar-refractivity contribution in [2.75, 3.05) is 5.32 Å². The van der Waals surface area contributed by atoms with Crippen molar-refractivity contribution in [1.29, 1.82) is 0 Å². The highest BCUT2D eigenvalue weighted by atomic mass is 15.3. The number of aromatic nitrogens is 4. The van der Waals surface area contributed by atoms with Crippen LogP contribution in [-0.2, 0) is 0 Å². The summed E-state index contributed by atoms with van der Waals surface area (Å²) >= 11 is 0. The van der Waals surface area contributed by atoms with Gasteiger partial charge in [-0.2, -0.15) is 5.10 Å². The molecule has 0 atom stereocenters. The fraction of sp³-hybridized carbons (Fsp3) is 0.105. The summed E-state index contributed by atoms with van der Waals surface area (Å²) in [5.41, 5.74) is 5.17. The Balaban J connectivity index is 1.79. The van der Waals surface area contributed by atoms with Crippen molar-refractivity contribution in [2.45, 2.75) is 13.8 Å². The highest BCUT2D eigenvalue weighted by Crippen LogP contribution is 2.25. The molecule has 2 heterocycles. The summed E-state index contributed by atoms with van der Waals surface area (Å²) in [5.74, 6) is 0.757. The van der Waals surface area contributed by atoms with Gasteiger partial charge in [-0.3, -0.25) is 0 Å². The van der Waals surface area contributed by atoms with E-state index in [0.717, 1.165) is 33.8 Å². The summed E-state index contributed by atoms with van der Waals surface area (Å²) in [5, 5.41) is 8.77. The predicted molar refractivity (Wildman–Crippen MR) is 95.9 cm³/mol. The molecule has 0 saturated carbocycles. The van der Waals surface area contributed by atoms with E-state index in [4.69, 9.17) is 0 Å². The maximum absolute atomic E-state index is 4.49. The van der Waals surface area contributed by atoms with Crippen LogP contribution in [-0.4, -0.2) is 19.7 Å². The van der Waals surface area contributed by atoms with E-state index in [1.807, 2.05) is 35.0 Å².